The lowest BCUT2D eigenvalue weighted by atomic mass is 10.1. The number of hydrogen-bond donors (Lipinski definition) is 0. The summed E-state index contributed by atoms with van der Waals surface area (Å²) in [5, 5.41) is 0. The second-order valence-corrected chi connectivity index (χ2v) is 9.34. The summed E-state index contributed by atoms with van der Waals surface area (Å²) >= 11 is 0. The van der Waals surface area contributed by atoms with Gasteiger partial charge in [0, 0.05) is 42.5 Å². The lowest BCUT2D eigenvalue weighted by Crippen LogP contribution is -2.31. The molecule has 7 heteroatoms. The number of carbonyl (C=O) groups is 3. The quantitative estimate of drug-likeness (QED) is 0.312. The molecule has 3 heterocycles. The third-order valence-electron chi connectivity index (χ3n) is 6.58. The minimum absolute atomic E-state index is 0.0567. The van der Waals surface area contributed by atoms with E-state index in [0.29, 0.717) is 30.5 Å². The molecular formula is C30H34N2O5. The minimum atomic E-state index is -0.740. The Kier molecular flexibility index (Phi) is 9.13. The Morgan fingerprint density at radius 1 is 0.784 bits per heavy atom. The zero-order valence-corrected chi connectivity index (χ0v) is 21.3. The Bertz CT molecular complexity index is 1140. The van der Waals surface area contributed by atoms with E-state index >= 15 is 0 Å². The summed E-state index contributed by atoms with van der Waals surface area (Å²) in [6.07, 6.45) is 8.87. The molecule has 0 saturated carbocycles. The van der Waals surface area contributed by atoms with Crippen LogP contribution >= 0.6 is 0 Å². The molecule has 0 bridgehead atoms. The first kappa shape index (κ1) is 26.2. The highest BCUT2D eigenvalue weighted by atomic mass is 16.7. The number of cyclic esters (lactones) is 1. The lowest BCUT2D eigenvalue weighted by molar-refractivity contribution is -0.152. The van der Waals surface area contributed by atoms with Gasteiger partial charge < -0.3 is 19.3 Å². The number of esters is 1. The van der Waals surface area contributed by atoms with Gasteiger partial charge in [0.1, 0.15) is 0 Å². The third-order valence-corrected chi connectivity index (χ3v) is 6.58. The first-order chi connectivity index (χ1) is 18.0. The highest BCUT2D eigenvalue weighted by Crippen LogP contribution is 2.24. The molecule has 2 aromatic rings. The molecule has 1 unspecified atom stereocenters. The Morgan fingerprint density at radius 3 is 2.03 bits per heavy atom. The van der Waals surface area contributed by atoms with Crippen molar-refractivity contribution in [1.29, 1.82) is 0 Å². The van der Waals surface area contributed by atoms with Crippen molar-refractivity contribution in [1.82, 2.24) is 0 Å². The summed E-state index contributed by atoms with van der Waals surface area (Å²) < 4.78 is 10.5. The van der Waals surface area contributed by atoms with Crippen LogP contribution in [0.3, 0.4) is 0 Å². The molecule has 2 saturated heterocycles. The van der Waals surface area contributed by atoms with Crippen LogP contribution in [0.15, 0.2) is 84.1 Å². The van der Waals surface area contributed by atoms with Crippen molar-refractivity contribution >= 4 is 29.2 Å². The van der Waals surface area contributed by atoms with Gasteiger partial charge in [-0.2, -0.15) is 0 Å². The van der Waals surface area contributed by atoms with Crippen LogP contribution in [0.25, 0.3) is 0 Å². The molecule has 194 valence electrons. The summed E-state index contributed by atoms with van der Waals surface area (Å²) in [6.45, 7) is 3.24. The summed E-state index contributed by atoms with van der Waals surface area (Å²) in [4.78, 5) is 39.5. The fourth-order valence-corrected chi connectivity index (χ4v) is 4.52. The van der Waals surface area contributed by atoms with Gasteiger partial charge in [-0.05, 0) is 63.3 Å². The van der Waals surface area contributed by atoms with Crippen molar-refractivity contribution in [3.05, 3.63) is 84.1 Å². The van der Waals surface area contributed by atoms with Crippen LogP contribution in [0, 0.1) is 0 Å². The third kappa shape index (κ3) is 7.09. The largest absolute Gasteiger partial charge is 0.458 e. The van der Waals surface area contributed by atoms with Crippen LogP contribution in [0.5, 0.6) is 0 Å². The van der Waals surface area contributed by atoms with Crippen LogP contribution in [0.2, 0.25) is 0 Å². The maximum atomic E-state index is 12.7. The normalized spacial score (nSPS) is 21.4. The summed E-state index contributed by atoms with van der Waals surface area (Å²) in [7, 11) is 0. The second kappa shape index (κ2) is 12.9. The SMILES string of the molecule is CC1=CC(O/C=C2\CCCCN(c3ccccc3)C2=O)OC1=O.O=C1CCCCCN1c1ccccc1. The van der Waals surface area contributed by atoms with E-state index in [-0.39, 0.29) is 17.8 Å². The van der Waals surface area contributed by atoms with Crippen LogP contribution in [0.1, 0.15) is 51.9 Å². The lowest BCUT2D eigenvalue weighted by Gasteiger charge is -2.21. The van der Waals surface area contributed by atoms with E-state index in [1.54, 1.807) is 17.9 Å². The molecule has 5 rings (SSSR count). The predicted molar refractivity (Wildman–Crippen MR) is 143 cm³/mol. The standard InChI is InChI=1S/C18H19NO4.C12H15NO/c1-13-11-16(23-18(13)21)22-12-14-7-5-6-10-19(17(14)20)15-8-3-2-4-9-15;14-12-9-5-2-6-10-13(12)11-7-3-1-4-8-11/h2-4,8-9,11-12,16H,5-7,10H2,1H3;1,3-4,7-8H,2,5-6,9-10H2/b14-12+;. The van der Waals surface area contributed by atoms with Gasteiger partial charge in [-0.1, -0.05) is 42.8 Å². The first-order valence-corrected chi connectivity index (χ1v) is 13.0. The molecule has 0 aromatic heterocycles. The Balaban J connectivity index is 0.000000195. The van der Waals surface area contributed by atoms with Crippen LogP contribution in [0.4, 0.5) is 11.4 Å². The van der Waals surface area contributed by atoms with Gasteiger partial charge in [0.25, 0.3) is 12.2 Å². The molecule has 37 heavy (non-hydrogen) atoms. The molecule has 0 aliphatic carbocycles. The molecule has 7 nitrogen and oxygen atoms in total. The van der Waals surface area contributed by atoms with Crippen molar-refractivity contribution in [2.75, 3.05) is 22.9 Å². The van der Waals surface area contributed by atoms with Gasteiger partial charge >= 0.3 is 5.97 Å². The monoisotopic (exact) mass is 502 g/mol. The molecule has 0 spiro atoms. The second-order valence-electron chi connectivity index (χ2n) is 9.34. The number of hydrogen-bond acceptors (Lipinski definition) is 5. The molecule has 0 radical (unpaired) electrons. The zero-order valence-electron chi connectivity index (χ0n) is 21.3. The number of rotatable bonds is 4. The number of ether oxygens (including phenoxy) is 2. The molecule has 3 aliphatic rings. The van der Waals surface area contributed by atoms with E-state index in [2.05, 4.69) is 0 Å². The maximum absolute atomic E-state index is 12.7. The van der Waals surface area contributed by atoms with Crippen molar-refractivity contribution in [3.8, 4) is 0 Å². The van der Waals surface area contributed by atoms with Crippen LogP contribution in [-0.4, -0.2) is 37.2 Å². The van der Waals surface area contributed by atoms with Crippen molar-refractivity contribution in [3.63, 3.8) is 0 Å². The fraction of sp³-hybridized carbons (Fsp3) is 0.367. The van der Waals surface area contributed by atoms with E-state index in [9.17, 15) is 14.4 Å². The van der Waals surface area contributed by atoms with E-state index < -0.39 is 6.29 Å². The predicted octanol–water partition coefficient (Wildman–Crippen LogP) is 5.53. The number of nitrogens with zero attached hydrogens (tertiary/aromatic N) is 2. The smallest absolute Gasteiger partial charge is 0.336 e. The van der Waals surface area contributed by atoms with E-state index in [0.717, 1.165) is 43.6 Å². The van der Waals surface area contributed by atoms with E-state index in [1.807, 2.05) is 65.6 Å². The van der Waals surface area contributed by atoms with Gasteiger partial charge in [-0.15, -0.1) is 0 Å². The Morgan fingerprint density at radius 2 is 1.38 bits per heavy atom. The van der Waals surface area contributed by atoms with Crippen LogP contribution < -0.4 is 9.80 Å². The highest BCUT2D eigenvalue weighted by molar-refractivity contribution is 6.05. The highest BCUT2D eigenvalue weighted by Gasteiger charge is 2.26. The molecule has 0 N–H and O–H groups in total. The van der Waals surface area contributed by atoms with Gasteiger partial charge in [0.2, 0.25) is 5.91 Å². The molecule has 2 fully saturated rings. The number of amides is 2. The maximum Gasteiger partial charge on any atom is 0.336 e. The van der Waals surface area contributed by atoms with E-state index in [1.165, 1.54) is 12.7 Å². The molecule has 2 aromatic carbocycles. The van der Waals surface area contributed by atoms with Crippen molar-refractivity contribution in [2.45, 2.75) is 58.2 Å². The molecule has 2 amide bonds. The van der Waals surface area contributed by atoms with Gasteiger partial charge in [-0.25, -0.2) is 4.79 Å². The van der Waals surface area contributed by atoms with Gasteiger partial charge in [0.15, 0.2) is 0 Å². The number of para-hydroxylation sites is 2. The van der Waals surface area contributed by atoms with Gasteiger partial charge in [-0.3, -0.25) is 9.59 Å². The zero-order chi connectivity index (χ0) is 26.0. The molecular weight excluding hydrogens is 468 g/mol. The summed E-state index contributed by atoms with van der Waals surface area (Å²) in [5.74, 6) is -0.168. The summed E-state index contributed by atoms with van der Waals surface area (Å²) in [6, 6.07) is 19.5. The van der Waals surface area contributed by atoms with Crippen molar-refractivity contribution < 1.29 is 23.9 Å². The fourth-order valence-electron chi connectivity index (χ4n) is 4.52. The first-order valence-electron chi connectivity index (χ1n) is 13.0. The number of benzene rings is 2. The summed E-state index contributed by atoms with van der Waals surface area (Å²) in [5.41, 5.74) is 3.04. The molecule has 1 atom stereocenters. The Hall–Kier alpha value is -3.87. The van der Waals surface area contributed by atoms with E-state index in [4.69, 9.17) is 9.47 Å². The average molecular weight is 503 g/mol. The molecule has 3 aliphatic heterocycles. The average Bonchev–Trinajstić information content (AvgIpc) is 3.07. The number of anilines is 2. The minimum Gasteiger partial charge on any atom is -0.458 e. The van der Waals surface area contributed by atoms with Crippen LogP contribution in [-0.2, 0) is 23.9 Å². The topological polar surface area (TPSA) is 76.1 Å². The van der Waals surface area contributed by atoms with Crippen molar-refractivity contribution in [2.24, 2.45) is 0 Å². The van der Waals surface area contributed by atoms with Gasteiger partial charge in [0.05, 0.1) is 11.8 Å². The number of carbonyl (C=O) groups excluding carboxylic acids is 3. The Labute approximate surface area is 218 Å².